The zero-order valence-corrected chi connectivity index (χ0v) is 12.3. The number of hydrogen-bond acceptors (Lipinski definition) is 4. The fourth-order valence-electron chi connectivity index (χ4n) is 2.56. The van der Waals surface area contributed by atoms with E-state index in [9.17, 15) is 4.79 Å². The van der Waals surface area contributed by atoms with Gasteiger partial charge in [-0.15, -0.1) is 0 Å². The fourth-order valence-corrected chi connectivity index (χ4v) is 2.69. The molecular formula is C14H18ClN3O2. The minimum absolute atomic E-state index is 0.157. The second kappa shape index (κ2) is 6.22. The van der Waals surface area contributed by atoms with Crippen LogP contribution in [0.25, 0.3) is 5.57 Å². The summed E-state index contributed by atoms with van der Waals surface area (Å²) >= 11 is 5.85. The Morgan fingerprint density at radius 1 is 1.55 bits per heavy atom. The molecule has 5 nitrogen and oxygen atoms in total. The highest BCUT2D eigenvalue weighted by molar-refractivity contribution is 6.28. The van der Waals surface area contributed by atoms with Crippen molar-refractivity contribution < 1.29 is 9.90 Å². The first-order chi connectivity index (χ1) is 9.47. The molecule has 20 heavy (non-hydrogen) atoms. The van der Waals surface area contributed by atoms with Gasteiger partial charge in [0.2, 0.25) is 5.28 Å². The van der Waals surface area contributed by atoms with Crippen LogP contribution in [0.4, 0.5) is 5.82 Å². The Balaban J connectivity index is 2.30. The lowest BCUT2D eigenvalue weighted by atomic mass is 10.1. The molecule has 108 valence electrons. The molecule has 0 saturated heterocycles. The summed E-state index contributed by atoms with van der Waals surface area (Å²) < 4.78 is 0. The average Bonchev–Trinajstić information content (AvgIpc) is 2.74. The predicted molar refractivity (Wildman–Crippen MR) is 78.8 cm³/mol. The lowest BCUT2D eigenvalue weighted by molar-refractivity contribution is -0.131. The zero-order chi connectivity index (χ0) is 14.7. The van der Waals surface area contributed by atoms with Crippen LogP contribution in [0.15, 0.2) is 12.3 Å². The molecule has 6 heteroatoms. The standard InChI is InChI=1S/C14H18ClN3O2/c1-8-4-3-5-11(8)17-13-10(7-16-14(15)18-13)9(2)6-12(19)20/h6-8,11H,3-5H2,1-2H3,(H,19,20)(H,16,17,18)/b9-6+. The van der Waals surface area contributed by atoms with E-state index in [0.29, 0.717) is 28.9 Å². The summed E-state index contributed by atoms with van der Waals surface area (Å²) in [5.41, 5.74) is 1.28. The SMILES string of the molecule is C/C(=C\C(=O)O)c1cnc(Cl)nc1NC1CCCC1C. The molecule has 0 spiro atoms. The van der Waals surface area contributed by atoms with Crippen molar-refractivity contribution in [2.75, 3.05) is 5.32 Å². The summed E-state index contributed by atoms with van der Waals surface area (Å²) in [6.45, 7) is 3.93. The molecule has 1 heterocycles. The molecule has 1 aliphatic carbocycles. The van der Waals surface area contributed by atoms with Gasteiger partial charge in [-0.3, -0.25) is 0 Å². The number of rotatable bonds is 4. The molecule has 0 amide bonds. The van der Waals surface area contributed by atoms with Crippen LogP contribution in [0, 0.1) is 5.92 Å². The number of aliphatic carboxylic acids is 1. The van der Waals surface area contributed by atoms with E-state index in [1.807, 2.05) is 0 Å². The van der Waals surface area contributed by atoms with Crippen LogP contribution in [0.2, 0.25) is 5.28 Å². The molecule has 0 radical (unpaired) electrons. The van der Waals surface area contributed by atoms with Crippen LogP contribution < -0.4 is 5.32 Å². The van der Waals surface area contributed by atoms with Gasteiger partial charge in [0.1, 0.15) is 5.82 Å². The topological polar surface area (TPSA) is 75.1 Å². The molecule has 2 N–H and O–H groups in total. The highest BCUT2D eigenvalue weighted by atomic mass is 35.5. The summed E-state index contributed by atoms with van der Waals surface area (Å²) in [6.07, 6.45) is 6.18. The first kappa shape index (κ1) is 14.8. The van der Waals surface area contributed by atoms with Crippen molar-refractivity contribution in [3.63, 3.8) is 0 Å². The van der Waals surface area contributed by atoms with E-state index in [0.717, 1.165) is 12.5 Å². The lowest BCUT2D eigenvalue weighted by Gasteiger charge is -2.20. The highest BCUT2D eigenvalue weighted by Gasteiger charge is 2.24. The van der Waals surface area contributed by atoms with Gasteiger partial charge in [-0.2, -0.15) is 0 Å². The van der Waals surface area contributed by atoms with E-state index in [2.05, 4.69) is 22.2 Å². The zero-order valence-electron chi connectivity index (χ0n) is 11.6. The third kappa shape index (κ3) is 3.48. The van der Waals surface area contributed by atoms with Gasteiger partial charge in [0.15, 0.2) is 0 Å². The molecular weight excluding hydrogens is 278 g/mol. The van der Waals surface area contributed by atoms with E-state index in [-0.39, 0.29) is 5.28 Å². The van der Waals surface area contributed by atoms with E-state index in [1.54, 1.807) is 13.1 Å². The molecule has 1 saturated carbocycles. The maximum atomic E-state index is 10.8. The van der Waals surface area contributed by atoms with Crippen LogP contribution in [-0.2, 0) is 4.79 Å². The van der Waals surface area contributed by atoms with Gasteiger partial charge >= 0.3 is 5.97 Å². The monoisotopic (exact) mass is 295 g/mol. The first-order valence-corrected chi connectivity index (χ1v) is 7.06. The number of nitrogens with zero attached hydrogens (tertiary/aromatic N) is 2. The summed E-state index contributed by atoms with van der Waals surface area (Å²) in [4.78, 5) is 18.9. The maximum Gasteiger partial charge on any atom is 0.328 e. The number of carboxylic acids is 1. The van der Waals surface area contributed by atoms with E-state index in [4.69, 9.17) is 16.7 Å². The molecule has 0 aliphatic heterocycles. The van der Waals surface area contributed by atoms with Gasteiger partial charge in [-0.1, -0.05) is 13.3 Å². The Bertz CT molecular complexity index is 545. The van der Waals surface area contributed by atoms with Crippen molar-refractivity contribution in [2.45, 2.75) is 39.2 Å². The smallest absolute Gasteiger partial charge is 0.328 e. The van der Waals surface area contributed by atoms with Crippen molar-refractivity contribution in [3.05, 3.63) is 23.1 Å². The molecule has 0 bridgehead atoms. The lowest BCUT2D eigenvalue weighted by Crippen LogP contribution is -2.23. The number of aromatic nitrogens is 2. The molecule has 1 fully saturated rings. The van der Waals surface area contributed by atoms with Crippen LogP contribution in [-0.4, -0.2) is 27.1 Å². The molecule has 1 aliphatic rings. The number of nitrogens with one attached hydrogen (secondary N) is 1. The molecule has 2 rings (SSSR count). The first-order valence-electron chi connectivity index (χ1n) is 6.68. The number of allylic oxidation sites excluding steroid dienone is 1. The minimum Gasteiger partial charge on any atom is -0.478 e. The van der Waals surface area contributed by atoms with E-state index in [1.165, 1.54) is 12.8 Å². The number of halogens is 1. The summed E-state index contributed by atoms with van der Waals surface area (Å²) in [5, 5.41) is 12.4. The van der Waals surface area contributed by atoms with Gasteiger partial charge in [-0.05, 0) is 42.9 Å². The third-order valence-electron chi connectivity index (χ3n) is 3.71. The van der Waals surface area contributed by atoms with Crippen molar-refractivity contribution in [3.8, 4) is 0 Å². The van der Waals surface area contributed by atoms with Crippen molar-refractivity contribution in [1.82, 2.24) is 9.97 Å². The van der Waals surface area contributed by atoms with Gasteiger partial charge in [0.05, 0.1) is 0 Å². The molecule has 0 aromatic carbocycles. The quantitative estimate of drug-likeness (QED) is 0.659. The predicted octanol–water partition coefficient (Wildman–Crippen LogP) is 3.22. The summed E-state index contributed by atoms with van der Waals surface area (Å²) in [6, 6.07) is 0.345. The Hall–Kier alpha value is -1.62. The average molecular weight is 296 g/mol. The van der Waals surface area contributed by atoms with Gasteiger partial charge in [0, 0.05) is 23.9 Å². The number of hydrogen-bond donors (Lipinski definition) is 2. The largest absolute Gasteiger partial charge is 0.478 e. The summed E-state index contributed by atoms with van der Waals surface area (Å²) in [5.74, 6) is 0.191. The fraction of sp³-hybridized carbons (Fsp3) is 0.500. The molecule has 2 atom stereocenters. The van der Waals surface area contributed by atoms with Crippen molar-refractivity contribution in [2.24, 2.45) is 5.92 Å². The number of carbonyl (C=O) groups is 1. The highest BCUT2D eigenvalue weighted by Crippen LogP contribution is 2.30. The third-order valence-corrected chi connectivity index (χ3v) is 3.89. The molecule has 1 aromatic rings. The van der Waals surface area contributed by atoms with Gasteiger partial charge in [0.25, 0.3) is 0 Å². The Morgan fingerprint density at radius 2 is 2.30 bits per heavy atom. The Labute approximate surface area is 123 Å². The number of anilines is 1. The number of carboxylic acid groups (broad SMARTS) is 1. The molecule has 1 aromatic heterocycles. The maximum absolute atomic E-state index is 10.8. The Kier molecular flexibility index (Phi) is 4.60. The van der Waals surface area contributed by atoms with Crippen molar-refractivity contribution >= 4 is 29.0 Å². The Morgan fingerprint density at radius 3 is 2.90 bits per heavy atom. The van der Waals surface area contributed by atoms with Gasteiger partial charge in [-0.25, -0.2) is 14.8 Å². The second-order valence-electron chi connectivity index (χ2n) is 5.23. The summed E-state index contributed by atoms with van der Waals surface area (Å²) in [7, 11) is 0. The van der Waals surface area contributed by atoms with Gasteiger partial charge < -0.3 is 10.4 Å². The van der Waals surface area contributed by atoms with Crippen LogP contribution in [0.3, 0.4) is 0 Å². The second-order valence-corrected chi connectivity index (χ2v) is 5.56. The van der Waals surface area contributed by atoms with E-state index < -0.39 is 5.97 Å². The van der Waals surface area contributed by atoms with Crippen LogP contribution in [0.1, 0.15) is 38.7 Å². The van der Waals surface area contributed by atoms with Crippen LogP contribution >= 0.6 is 11.6 Å². The molecule has 2 unspecified atom stereocenters. The van der Waals surface area contributed by atoms with Crippen molar-refractivity contribution in [1.29, 1.82) is 0 Å². The normalized spacial score (nSPS) is 22.9. The van der Waals surface area contributed by atoms with E-state index >= 15 is 0 Å². The minimum atomic E-state index is -0.988. The van der Waals surface area contributed by atoms with Crippen LogP contribution in [0.5, 0.6) is 0 Å².